The van der Waals surface area contributed by atoms with Crippen LogP contribution in [0.4, 0.5) is 5.00 Å². The van der Waals surface area contributed by atoms with Crippen molar-refractivity contribution in [2.75, 3.05) is 12.8 Å². The highest BCUT2D eigenvalue weighted by Gasteiger charge is 2.10. The molecule has 0 saturated heterocycles. The molecule has 2 N–H and O–H groups in total. The van der Waals surface area contributed by atoms with Gasteiger partial charge in [-0.3, -0.25) is 4.79 Å². The molecule has 0 aliphatic rings. The maximum absolute atomic E-state index is 10.6. The van der Waals surface area contributed by atoms with Crippen molar-refractivity contribution in [3.8, 4) is 5.75 Å². The second-order valence-electron chi connectivity index (χ2n) is 2.87. The predicted octanol–water partition coefficient (Wildman–Crippen LogP) is 2.30. The molecule has 0 atom stereocenters. The molecule has 4 heteroatoms. The van der Waals surface area contributed by atoms with Crippen LogP contribution in [0.5, 0.6) is 5.75 Å². The van der Waals surface area contributed by atoms with Crippen molar-refractivity contribution in [2.45, 2.75) is 0 Å². The number of fused-ring (bicyclic) bond motifs is 1. The van der Waals surface area contributed by atoms with Crippen molar-refractivity contribution in [3.05, 3.63) is 23.8 Å². The summed E-state index contributed by atoms with van der Waals surface area (Å²) in [5.74, 6) is 0.661. The zero-order chi connectivity index (χ0) is 10.1. The Bertz CT molecular complexity index is 490. The highest BCUT2D eigenvalue weighted by molar-refractivity contribution is 7.23. The minimum Gasteiger partial charge on any atom is -0.493 e. The first-order chi connectivity index (χ1) is 6.76. The molecule has 1 aromatic carbocycles. The average Bonchev–Trinajstić information content (AvgIpc) is 2.52. The number of ether oxygens (including phenoxy) is 1. The zero-order valence-electron chi connectivity index (χ0n) is 7.61. The molecule has 2 aromatic rings. The van der Waals surface area contributed by atoms with Gasteiger partial charge in [-0.25, -0.2) is 0 Å². The molecule has 0 radical (unpaired) electrons. The van der Waals surface area contributed by atoms with E-state index in [2.05, 4.69) is 0 Å². The molecule has 0 unspecified atom stereocenters. The van der Waals surface area contributed by atoms with Gasteiger partial charge < -0.3 is 10.5 Å². The number of methoxy groups -OCH3 is 1. The van der Waals surface area contributed by atoms with E-state index in [9.17, 15) is 4.79 Å². The molecule has 0 bridgehead atoms. The second-order valence-corrected chi connectivity index (χ2v) is 3.96. The molecule has 1 heterocycles. The Labute approximate surface area is 85.1 Å². The number of nitrogens with two attached hydrogens (primary N) is 1. The molecule has 0 saturated carbocycles. The molecule has 1 aromatic heterocycles. The number of carbonyl (C=O) groups excluding carboxylic acids is 1. The lowest BCUT2D eigenvalue weighted by Gasteiger charge is -1.98. The first-order valence-corrected chi connectivity index (χ1v) is 4.89. The molecule has 2 rings (SSSR count). The molecule has 14 heavy (non-hydrogen) atoms. The summed E-state index contributed by atoms with van der Waals surface area (Å²) in [6.45, 7) is 0. The van der Waals surface area contributed by atoms with E-state index in [1.165, 1.54) is 11.3 Å². The van der Waals surface area contributed by atoms with Gasteiger partial charge in [0.1, 0.15) is 11.3 Å². The van der Waals surface area contributed by atoms with Crippen molar-refractivity contribution < 1.29 is 9.53 Å². The predicted molar refractivity (Wildman–Crippen MR) is 58.2 cm³/mol. The van der Waals surface area contributed by atoms with E-state index in [1.807, 2.05) is 6.07 Å². The number of benzene rings is 1. The Balaban J connectivity index is 2.77. The third-order valence-electron chi connectivity index (χ3n) is 2.03. The van der Waals surface area contributed by atoms with Gasteiger partial charge in [0.15, 0.2) is 5.75 Å². The van der Waals surface area contributed by atoms with Crippen LogP contribution in [0.2, 0.25) is 0 Å². The number of nitrogen functional groups attached to an aromatic ring is 1. The van der Waals surface area contributed by atoms with Gasteiger partial charge in [-0.15, -0.1) is 11.3 Å². The standard InChI is InChI=1S/C10H9NO2S/c1-13-9-7-4-6(5-12)2-3-8(7)14-10(9)11/h2-5H,11H2,1H3. The van der Waals surface area contributed by atoms with Crippen LogP contribution in [0, 0.1) is 0 Å². The van der Waals surface area contributed by atoms with Gasteiger partial charge in [-0.2, -0.15) is 0 Å². The Morgan fingerprint density at radius 1 is 1.50 bits per heavy atom. The number of anilines is 1. The van der Waals surface area contributed by atoms with Crippen molar-refractivity contribution in [3.63, 3.8) is 0 Å². The first-order valence-electron chi connectivity index (χ1n) is 4.07. The first kappa shape index (κ1) is 9.02. The quantitative estimate of drug-likeness (QED) is 0.769. The maximum Gasteiger partial charge on any atom is 0.160 e. The van der Waals surface area contributed by atoms with Crippen LogP contribution in [0.3, 0.4) is 0 Å². The lowest BCUT2D eigenvalue weighted by atomic mass is 10.2. The van der Waals surface area contributed by atoms with Gasteiger partial charge >= 0.3 is 0 Å². The lowest BCUT2D eigenvalue weighted by Crippen LogP contribution is -1.87. The number of aldehydes is 1. The Kier molecular flexibility index (Phi) is 2.13. The number of hydrogen-bond donors (Lipinski definition) is 1. The summed E-state index contributed by atoms with van der Waals surface area (Å²) in [6.07, 6.45) is 0.812. The summed E-state index contributed by atoms with van der Waals surface area (Å²) < 4.78 is 6.20. The summed E-state index contributed by atoms with van der Waals surface area (Å²) in [6, 6.07) is 5.43. The number of rotatable bonds is 2. The van der Waals surface area contributed by atoms with Gasteiger partial charge in [0.05, 0.1) is 7.11 Å². The summed E-state index contributed by atoms with van der Waals surface area (Å²) in [7, 11) is 1.57. The van der Waals surface area contributed by atoms with E-state index in [0.29, 0.717) is 16.3 Å². The van der Waals surface area contributed by atoms with Gasteiger partial charge in [0.2, 0.25) is 0 Å². The molecule has 0 aliphatic heterocycles. The van der Waals surface area contributed by atoms with Crippen LogP contribution < -0.4 is 10.5 Å². The topological polar surface area (TPSA) is 52.3 Å². The van der Waals surface area contributed by atoms with Crippen LogP contribution in [0.25, 0.3) is 10.1 Å². The van der Waals surface area contributed by atoms with Gasteiger partial charge in [-0.05, 0) is 12.1 Å². The molecule has 72 valence electrons. The fourth-order valence-corrected chi connectivity index (χ4v) is 2.32. The second kappa shape index (κ2) is 3.31. The van der Waals surface area contributed by atoms with Crippen molar-refractivity contribution in [2.24, 2.45) is 0 Å². The number of hydrogen-bond acceptors (Lipinski definition) is 4. The monoisotopic (exact) mass is 207 g/mol. The summed E-state index contributed by atoms with van der Waals surface area (Å²) in [5.41, 5.74) is 6.39. The van der Waals surface area contributed by atoms with E-state index in [4.69, 9.17) is 10.5 Å². The third kappa shape index (κ3) is 1.24. The fraction of sp³-hybridized carbons (Fsp3) is 0.100. The van der Waals surface area contributed by atoms with Crippen LogP contribution in [-0.4, -0.2) is 13.4 Å². The molecular weight excluding hydrogens is 198 g/mol. The van der Waals surface area contributed by atoms with E-state index in [0.717, 1.165) is 16.4 Å². The Morgan fingerprint density at radius 3 is 2.93 bits per heavy atom. The highest BCUT2D eigenvalue weighted by Crippen LogP contribution is 2.39. The summed E-state index contributed by atoms with van der Waals surface area (Å²) >= 11 is 1.46. The normalized spacial score (nSPS) is 10.4. The van der Waals surface area contributed by atoms with Crippen molar-refractivity contribution in [1.82, 2.24) is 0 Å². The van der Waals surface area contributed by atoms with Gasteiger partial charge in [0.25, 0.3) is 0 Å². The van der Waals surface area contributed by atoms with Crippen molar-refractivity contribution >= 4 is 32.7 Å². The van der Waals surface area contributed by atoms with Gasteiger partial charge in [0, 0.05) is 15.6 Å². The smallest absolute Gasteiger partial charge is 0.160 e. The van der Waals surface area contributed by atoms with E-state index in [-0.39, 0.29) is 0 Å². The largest absolute Gasteiger partial charge is 0.493 e. The molecule has 0 spiro atoms. The zero-order valence-corrected chi connectivity index (χ0v) is 8.43. The van der Waals surface area contributed by atoms with Crippen LogP contribution in [0.1, 0.15) is 10.4 Å². The molecular formula is C10H9NO2S. The fourth-order valence-electron chi connectivity index (χ4n) is 1.40. The Hall–Kier alpha value is -1.55. The average molecular weight is 207 g/mol. The van der Waals surface area contributed by atoms with E-state index < -0.39 is 0 Å². The molecule has 0 aliphatic carbocycles. The van der Waals surface area contributed by atoms with Crippen LogP contribution in [-0.2, 0) is 0 Å². The maximum atomic E-state index is 10.6. The summed E-state index contributed by atoms with van der Waals surface area (Å²) in [4.78, 5) is 10.6. The SMILES string of the molecule is COc1c(N)sc2ccc(C=O)cc12. The van der Waals surface area contributed by atoms with E-state index >= 15 is 0 Å². The molecule has 0 fully saturated rings. The minimum absolute atomic E-state index is 0.633. The van der Waals surface area contributed by atoms with E-state index in [1.54, 1.807) is 19.2 Å². The Morgan fingerprint density at radius 2 is 2.29 bits per heavy atom. The molecule has 3 nitrogen and oxygen atoms in total. The molecule has 0 amide bonds. The third-order valence-corrected chi connectivity index (χ3v) is 3.01. The summed E-state index contributed by atoms with van der Waals surface area (Å²) in [5, 5.41) is 1.55. The minimum atomic E-state index is 0.633. The van der Waals surface area contributed by atoms with Crippen LogP contribution >= 0.6 is 11.3 Å². The van der Waals surface area contributed by atoms with Crippen molar-refractivity contribution in [1.29, 1.82) is 0 Å². The lowest BCUT2D eigenvalue weighted by molar-refractivity contribution is 0.112. The number of carbonyl (C=O) groups is 1. The highest BCUT2D eigenvalue weighted by atomic mass is 32.1. The number of thiophene rings is 1. The van der Waals surface area contributed by atoms with Gasteiger partial charge in [-0.1, -0.05) is 6.07 Å². The van der Waals surface area contributed by atoms with Crippen LogP contribution in [0.15, 0.2) is 18.2 Å².